The normalized spacial score (nSPS) is 16.6. The average Bonchev–Trinajstić information content (AvgIpc) is 3.41. The highest BCUT2D eigenvalue weighted by molar-refractivity contribution is 7.16. The lowest BCUT2D eigenvalue weighted by Gasteiger charge is -2.16. The molecule has 0 unspecified atom stereocenters. The monoisotopic (exact) mass is 396 g/mol. The summed E-state index contributed by atoms with van der Waals surface area (Å²) in [5.41, 5.74) is 1.54. The van der Waals surface area contributed by atoms with Gasteiger partial charge in [0.05, 0.1) is 16.5 Å². The Morgan fingerprint density at radius 2 is 2.14 bits per heavy atom. The van der Waals surface area contributed by atoms with Crippen molar-refractivity contribution in [3.8, 4) is 10.7 Å². The molecule has 1 saturated heterocycles. The van der Waals surface area contributed by atoms with Crippen molar-refractivity contribution in [2.24, 2.45) is 5.92 Å². The molecule has 4 rings (SSSR count). The molecule has 2 aromatic heterocycles. The highest BCUT2D eigenvalue weighted by atomic mass is 32.1. The number of carbonyl (C=O) groups excluding carboxylic acids is 2. The Balaban J connectivity index is 1.46. The van der Waals surface area contributed by atoms with Crippen LogP contribution in [0.5, 0.6) is 0 Å². The Hall–Kier alpha value is -3.00. The molecule has 1 aromatic carbocycles. The Morgan fingerprint density at radius 1 is 1.36 bits per heavy atom. The van der Waals surface area contributed by atoms with Gasteiger partial charge in [-0.25, -0.2) is 0 Å². The van der Waals surface area contributed by atoms with E-state index >= 15 is 0 Å². The summed E-state index contributed by atoms with van der Waals surface area (Å²) in [6, 6.07) is 11.3. The number of hydrogen-bond acceptors (Lipinski definition) is 6. The number of thiophene rings is 1. The fourth-order valence-electron chi connectivity index (χ4n) is 3.19. The van der Waals surface area contributed by atoms with Crippen molar-refractivity contribution in [2.75, 3.05) is 16.8 Å². The minimum atomic E-state index is -0.382. The lowest BCUT2D eigenvalue weighted by molar-refractivity contribution is -0.122. The molecule has 144 valence electrons. The number of para-hydroxylation sites is 1. The van der Waals surface area contributed by atoms with Crippen LogP contribution in [-0.4, -0.2) is 28.5 Å². The Bertz CT molecular complexity index is 1010. The standard InChI is InChI=1S/C20H20N4O3S/c1-3-17-22-19(23-27-17)16-10-15(12(2)28-16)21-20(26)13-9-18(25)24(11-13)14-7-5-4-6-8-14/h4-8,10,13H,3,9,11H2,1-2H3,(H,21,26)/t13-/m0/s1. The second-order valence-electron chi connectivity index (χ2n) is 6.68. The number of rotatable bonds is 5. The number of carbonyl (C=O) groups is 2. The summed E-state index contributed by atoms with van der Waals surface area (Å²) in [4.78, 5) is 32.9. The van der Waals surface area contributed by atoms with E-state index in [4.69, 9.17) is 4.52 Å². The third kappa shape index (κ3) is 3.55. The smallest absolute Gasteiger partial charge is 0.229 e. The molecule has 0 spiro atoms. The number of anilines is 2. The molecule has 1 fully saturated rings. The molecule has 0 aliphatic carbocycles. The van der Waals surface area contributed by atoms with Crippen LogP contribution in [-0.2, 0) is 16.0 Å². The molecule has 1 aliphatic rings. The fraction of sp³-hybridized carbons (Fsp3) is 0.300. The van der Waals surface area contributed by atoms with Crippen molar-refractivity contribution in [3.05, 3.63) is 47.2 Å². The zero-order valence-corrected chi connectivity index (χ0v) is 16.5. The molecule has 0 bridgehead atoms. The Kier molecular flexibility index (Phi) is 4.95. The van der Waals surface area contributed by atoms with Crippen LogP contribution in [0.2, 0.25) is 0 Å². The van der Waals surface area contributed by atoms with Crippen LogP contribution >= 0.6 is 11.3 Å². The topological polar surface area (TPSA) is 88.3 Å². The largest absolute Gasteiger partial charge is 0.339 e. The van der Waals surface area contributed by atoms with Crippen LogP contribution in [0.3, 0.4) is 0 Å². The van der Waals surface area contributed by atoms with E-state index in [-0.39, 0.29) is 24.2 Å². The van der Waals surface area contributed by atoms with Crippen molar-refractivity contribution < 1.29 is 14.1 Å². The number of amides is 2. The van der Waals surface area contributed by atoms with Gasteiger partial charge < -0.3 is 14.7 Å². The van der Waals surface area contributed by atoms with Crippen LogP contribution in [0.25, 0.3) is 10.7 Å². The van der Waals surface area contributed by atoms with Gasteiger partial charge in [0.15, 0.2) is 0 Å². The zero-order chi connectivity index (χ0) is 19.7. The number of benzene rings is 1. The second kappa shape index (κ2) is 7.55. The maximum Gasteiger partial charge on any atom is 0.229 e. The van der Waals surface area contributed by atoms with E-state index in [1.165, 1.54) is 11.3 Å². The number of nitrogens with one attached hydrogen (secondary N) is 1. The van der Waals surface area contributed by atoms with Crippen molar-refractivity contribution >= 4 is 34.5 Å². The lowest BCUT2D eigenvalue weighted by Crippen LogP contribution is -2.28. The summed E-state index contributed by atoms with van der Waals surface area (Å²) in [5, 5.41) is 6.94. The maximum atomic E-state index is 12.8. The van der Waals surface area contributed by atoms with Gasteiger partial charge in [-0.3, -0.25) is 9.59 Å². The minimum absolute atomic E-state index is 0.0343. The third-order valence-electron chi connectivity index (χ3n) is 4.73. The molecule has 1 atom stereocenters. The number of aromatic nitrogens is 2. The van der Waals surface area contributed by atoms with Gasteiger partial charge in [-0.2, -0.15) is 4.98 Å². The molecule has 2 amide bonds. The predicted octanol–water partition coefficient (Wildman–Crippen LogP) is 3.66. The van der Waals surface area contributed by atoms with Crippen LogP contribution in [0, 0.1) is 12.8 Å². The van der Waals surface area contributed by atoms with Gasteiger partial charge in [-0.1, -0.05) is 30.3 Å². The number of hydrogen-bond donors (Lipinski definition) is 1. The first-order chi connectivity index (χ1) is 13.5. The summed E-state index contributed by atoms with van der Waals surface area (Å²) in [6.45, 7) is 4.26. The van der Waals surface area contributed by atoms with Gasteiger partial charge in [0.2, 0.25) is 23.5 Å². The number of nitrogens with zero attached hydrogens (tertiary/aromatic N) is 3. The quantitative estimate of drug-likeness (QED) is 0.711. The van der Waals surface area contributed by atoms with Crippen molar-refractivity contribution in [1.29, 1.82) is 0 Å². The molecule has 8 heteroatoms. The van der Waals surface area contributed by atoms with Crippen LogP contribution in [0.1, 0.15) is 24.1 Å². The maximum absolute atomic E-state index is 12.8. The van der Waals surface area contributed by atoms with Gasteiger partial charge in [-0.15, -0.1) is 11.3 Å². The molecular weight excluding hydrogens is 376 g/mol. The number of aryl methyl sites for hydroxylation is 2. The SMILES string of the molecule is CCc1nc(-c2cc(NC(=O)[C@H]3CC(=O)N(c4ccccc4)C3)c(C)s2)no1. The van der Waals surface area contributed by atoms with E-state index in [0.29, 0.717) is 24.7 Å². The first-order valence-electron chi connectivity index (χ1n) is 9.14. The van der Waals surface area contributed by atoms with E-state index < -0.39 is 0 Å². The highest BCUT2D eigenvalue weighted by Crippen LogP contribution is 2.34. The Labute approximate surface area is 166 Å². The van der Waals surface area contributed by atoms with Gasteiger partial charge >= 0.3 is 0 Å². The molecule has 1 aliphatic heterocycles. The molecular formula is C20H20N4O3S. The van der Waals surface area contributed by atoms with E-state index in [1.807, 2.05) is 50.2 Å². The zero-order valence-electron chi connectivity index (χ0n) is 15.6. The van der Waals surface area contributed by atoms with Crippen LogP contribution in [0.15, 0.2) is 40.9 Å². The van der Waals surface area contributed by atoms with Crippen molar-refractivity contribution in [2.45, 2.75) is 26.7 Å². The van der Waals surface area contributed by atoms with Crippen molar-refractivity contribution in [1.82, 2.24) is 10.1 Å². The van der Waals surface area contributed by atoms with E-state index in [9.17, 15) is 9.59 Å². The van der Waals surface area contributed by atoms with Crippen LogP contribution in [0.4, 0.5) is 11.4 Å². The second-order valence-corrected chi connectivity index (χ2v) is 7.93. The predicted molar refractivity (Wildman–Crippen MR) is 107 cm³/mol. The molecule has 1 N–H and O–H groups in total. The summed E-state index contributed by atoms with van der Waals surface area (Å²) in [7, 11) is 0. The molecule has 3 aromatic rings. The molecule has 3 heterocycles. The highest BCUT2D eigenvalue weighted by Gasteiger charge is 2.35. The van der Waals surface area contributed by atoms with Gasteiger partial charge in [-0.05, 0) is 25.1 Å². The molecule has 0 saturated carbocycles. The summed E-state index contributed by atoms with van der Waals surface area (Å²) < 4.78 is 5.16. The summed E-state index contributed by atoms with van der Waals surface area (Å²) in [5.74, 6) is 0.538. The average molecular weight is 396 g/mol. The summed E-state index contributed by atoms with van der Waals surface area (Å²) >= 11 is 1.50. The Morgan fingerprint density at radius 3 is 2.86 bits per heavy atom. The van der Waals surface area contributed by atoms with Gasteiger partial charge in [0.1, 0.15) is 0 Å². The first-order valence-corrected chi connectivity index (χ1v) is 9.96. The van der Waals surface area contributed by atoms with E-state index in [1.54, 1.807) is 4.90 Å². The van der Waals surface area contributed by atoms with Crippen LogP contribution < -0.4 is 10.2 Å². The van der Waals surface area contributed by atoms with Crippen molar-refractivity contribution in [3.63, 3.8) is 0 Å². The molecule has 7 nitrogen and oxygen atoms in total. The lowest BCUT2D eigenvalue weighted by atomic mass is 10.1. The minimum Gasteiger partial charge on any atom is -0.339 e. The van der Waals surface area contributed by atoms with E-state index in [2.05, 4.69) is 15.5 Å². The first kappa shape index (κ1) is 18.4. The summed E-state index contributed by atoms with van der Waals surface area (Å²) in [6.07, 6.45) is 0.885. The van der Waals surface area contributed by atoms with E-state index in [0.717, 1.165) is 21.1 Å². The molecule has 28 heavy (non-hydrogen) atoms. The molecule has 0 radical (unpaired) electrons. The third-order valence-corrected chi connectivity index (χ3v) is 5.78. The van der Waals surface area contributed by atoms with Gasteiger partial charge in [0.25, 0.3) is 0 Å². The fourth-order valence-corrected chi connectivity index (χ4v) is 4.09. The van der Waals surface area contributed by atoms with Gasteiger partial charge in [0, 0.05) is 30.0 Å².